The molecule has 4 aromatic rings. The van der Waals surface area contributed by atoms with Crippen LogP contribution in [-0.4, -0.2) is 74.8 Å². The fourth-order valence-corrected chi connectivity index (χ4v) is 7.05. The van der Waals surface area contributed by atoms with Gasteiger partial charge in [-0.1, -0.05) is 26.5 Å². The molecule has 0 aliphatic carbocycles. The highest BCUT2D eigenvalue weighted by Crippen LogP contribution is 2.46. The zero-order valence-electron chi connectivity index (χ0n) is 26.8. The van der Waals surface area contributed by atoms with E-state index in [9.17, 15) is 24.6 Å². The summed E-state index contributed by atoms with van der Waals surface area (Å²) in [6.07, 6.45) is 2.73. The van der Waals surface area contributed by atoms with E-state index in [1.807, 2.05) is 13.8 Å². The molecule has 2 aliphatic rings. The topological polar surface area (TPSA) is 119 Å². The number of carbonyl (C=O) groups excluding carboxylic acids is 1. The van der Waals surface area contributed by atoms with Crippen molar-refractivity contribution < 1.29 is 33.0 Å². The van der Waals surface area contributed by atoms with Gasteiger partial charge in [-0.15, -0.1) is 0 Å². The van der Waals surface area contributed by atoms with E-state index in [1.54, 1.807) is 35.9 Å². The molecular weight excluding hydrogens is 627 g/mol. The Bertz CT molecular complexity index is 2060. The highest BCUT2D eigenvalue weighted by atomic mass is 19.1. The van der Waals surface area contributed by atoms with Gasteiger partial charge in [0.1, 0.15) is 29.6 Å². The van der Waals surface area contributed by atoms with Crippen molar-refractivity contribution in [3.63, 3.8) is 0 Å². The third kappa shape index (κ3) is 5.04. The lowest BCUT2D eigenvalue weighted by molar-refractivity contribution is -0.135. The molecule has 10 nitrogen and oxygen atoms in total. The van der Waals surface area contributed by atoms with Crippen LogP contribution in [0.4, 0.5) is 24.5 Å². The third-order valence-electron chi connectivity index (χ3n) is 9.13. The number of benzene rings is 2. The molecule has 2 atom stereocenters. The molecule has 2 N–H and O–H groups in total. The fraction of sp³-hybridized carbons (Fsp3) is 0.314. The minimum absolute atomic E-state index is 0.0168. The normalized spacial score (nSPS) is 17.5. The van der Waals surface area contributed by atoms with Gasteiger partial charge >= 0.3 is 5.97 Å². The van der Waals surface area contributed by atoms with Gasteiger partial charge in [0.25, 0.3) is 5.56 Å². The van der Waals surface area contributed by atoms with Crippen molar-refractivity contribution in [1.29, 1.82) is 0 Å². The molecule has 2 unspecified atom stereocenters. The largest absolute Gasteiger partial charge is 0.507 e. The summed E-state index contributed by atoms with van der Waals surface area (Å²) < 4.78 is 49.9. The molecule has 1 saturated heterocycles. The van der Waals surface area contributed by atoms with Crippen LogP contribution in [0.25, 0.3) is 27.7 Å². The molecule has 2 aliphatic heterocycles. The molecule has 1 fully saturated rings. The lowest BCUT2D eigenvalue weighted by Crippen LogP contribution is -2.64. The van der Waals surface area contributed by atoms with E-state index >= 15 is 13.2 Å². The standard InChI is InChI=1S/C35H34F3N5O5/c1-6-25(45)41-15-20-14-40(16-26(46)47)34-33(42(20)13-19(41)5)21-12-23(37)28(27-22(36)8-7-9-24(27)44)29(38)32(21)43(35(34)48)31-18(4)10-11-39-30(31)17(2)3/h6-12,17,19-20,44H,1,13-16H2,2-5H3,(H,46,47). The molecule has 2 aromatic carbocycles. The Morgan fingerprint density at radius 1 is 1.06 bits per heavy atom. The second-order valence-corrected chi connectivity index (χ2v) is 12.6. The van der Waals surface area contributed by atoms with Crippen LogP contribution >= 0.6 is 0 Å². The molecule has 1 amide bonds. The molecule has 13 heteroatoms. The number of carboxylic acid groups (broad SMARTS) is 1. The van der Waals surface area contributed by atoms with Gasteiger partial charge in [0, 0.05) is 37.3 Å². The minimum Gasteiger partial charge on any atom is -0.507 e. The van der Waals surface area contributed by atoms with Crippen molar-refractivity contribution in [2.24, 2.45) is 0 Å². The molecule has 0 radical (unpaired) electrons. The van der Waals surface area contributed by atoms with Gasteiger partial charge in [-0.05, 0) is 55.7 Å². The second-order valence-electron chi connectivity index (χ2n) is 12.6. The van der Waals surface area contributed by atoms with Crippen LogP contribution < -0.4 is 15.4 Å². The number of fused-ring (bicyclic) bond motifs is 5. The SMILES string of the molecule is C=CC(=O)N1CC2CN(CC(=O)O)c3c(c4cc(F)c(-c5c(O)cccc5F)c(F)c4n(-c4c(C)ccnc4C(C)C)c3=O)N2CC1C. The van der Waals surface area contributed by atoms with Gasteiger partial charge in [0.05, 0.1) is 39.8 Å². The first-order chi connectivity index (χ1) is 22.8. The number of carbonyl (C=O) groups is 2. The number of halogens is 3. The van der Waals surface area contributed by atoms with Gasteiger partial charge < -0.3 is 24.9 Å². The summed E-state index contributed by atoms with van der Waals surface area (Å²) in [5.41, 5.74) is -1.61. The lowest BCUT2D eigenvalue weighted by Gasteiger charge is -2.51. The predicted molar refractivity (Wildman–Crippen MR) is 175 cm³/mol. The molecule has 0 spiro atoms. The summed E-state index contributed by atoms with van der Waals surface area (Å²) >= 11 is 0. The first-order valence-corrected chi connectivity index (χ1v) is 15.5. The van der Waals surface area contributed by atoms with E-state index in [1.165, 1.54) is 17.0 Å². The number of aryl methyl sites for hydroxylation is 1. The molecule has 2 aromatic heterocycles. The smallest absolute Gasteiger partial charge is 0.323 e. The Labute approximate surface area is 273 Å². The highest BCUT2D eigenvalue weighted by molar-refractivity contribution is 6.03. The van der Waals surface area contributed by atoms with Gasteiger partial charge in [0.2, 0.25) is 5.91 Å². The van der Waals surface area contributed by atoms with Gasteiger partial charge in [-0.2, -0.15) is 0 Å². The molecule has 6 rings (SSSR count). The summed E-state index contributed by atoms with van der Waals surface area (Å²) in [6.45, 7) is 10.4. The minimum atomic E-state index is -1.30. The molecule has 4 heterocycles. The average Bonchev–Trinajstić information content (AvgIpc) is 3.02. The van der Waals surface area contributed by atoms with Crippen molar-refractivity contribution in [3.8, 4) is 22.6 Å². The predicted octanol–water partition coefficient (Wildman–Crippen LogP) is 5.10. The zero-order chi connectivity index (χ0) is 34.8. The molecule has 0 saturated carbocycles. The maximum atomic E-state index is 17.3. The number of piperazine rings is 1. The van der Waals surface area contributed by atoms with Crippen LogP contribution in [-0.2, 0) is 9.59 Å². The van der Waals surface area contributed by atoms with Gasteiger partial charge in [0.15, 0.2) is 5.82 Å². The number of anilines is 2. The second kappa shape index (κ2) is 12.0. The van der Waals surface area contributed by atoms with Crippen molar-refractivity contribution in [1.82, 2.24) is 14.5 Å². The lowest BCUT2D eigenvalue weighted by atomic mass is 9.95. The van der Waals surface area contributed by atoms with Crippen LogP contribution in [0.15, 0.2) is 54.0 Å². The quantitative estimate of drug-likeness (QED) is 0.274. The van der Waals surface area contributed by atoms with E-state index in [0.717, 1.165) is 22.8 Å². The average molecular weight is 662 g/mol. The molecular formula is C35H34F3N5O5. The number of hydrogen-bond donors (Lipinski definition) is 2. The van der Waals surface area contributed by atoms with Crippen LogP contribution in [0, 0.1) is 24.4 Å². The summed E-state index contributed by atoms with van der Waals surface area (Å²) in [6, 6.07) is 4.89. The summed E-state index contributed by atoms with van der Waals surface area (Å²) in [5, 5.41) is 20.4. The van der Waals surface area contributed by atoms with Crippen molar-refractivity contribution in [2.45, 2.75) is 45.7 Å². The number of aliphatic carboxylic acids is 1. The van der Waals surface area contributed by atoms with Gasteiger partial charge in [-0.3, -0.25) is 23.9 Å². The monoisotopic (exact) mass is 661 g/mol. The first kappa shape index (κ1) is 32.6. The molecule has 0 bridgehead atoms. The maximum Gasteiger partial charge on any atom is 0.323 e. The van der Waals surface area contributed by atoms with Crippen molar-refractivity contribution in [2.75, 3.05) is 36.0 Å². The van der Waals surface area contributed by atoms with Crippen LogP contribution in [0.3, 0.4) is 0 Å². The molecule has 250 valence electrons. The number of aromatic hydroxyl groups is 1. The first-order valence-electron chi connectivity index (χ1n) is 15.5. The highest BCUT2D eigenvalue weighted by Gasteiger charge is 2.43. The summed E-state index contributed by atoms with van der Waals surface area (Å²) in [7, 11) is 0. The number of phenols is 1. The number of hydrogen-bond acceptors (Lipinski definition) is 7. The van der Waals surface area contributed by atoms with E-state index in [4.69, 9.17) is 0 Å². The zero-order valence-corrected chi connectivity index (χ0v) is 26.8. The number of aromatic nitrogens is 2. The van der Waals surface area contributed by atoms with Crippen molar-refractivity contribution >= 4 is 34.2 Å². The third-order valence-corrected chi connectivity index (χ3v) is 9.13. The van der Waals surface area contributed by atoms with Crippen LogP contribution in [0.2, 0.25) is 0 Å². The number of pyridine rings is 2. The van der Waals surface area contributed by atoms with E-state index in [-0.39, 0.29) is 53.9 Å². The van der Waals surface area contributed by atoms with Crippen LogP contribution in [0.5, 0.6) is 5.75 Å². The number of carboxylic acids is 1. The van der Waals surface area contributed by atoms with Crippen LogP contribution in [0.1, 0.15) is 37.9 Å². The van der Waals surface area contributed by atoms with E-state index in [0.29, 0.717) is 11.3 Å². The summed E-state index contributed by atoms with van der Waals surface area (Å²) in [5.74, 6) is -6.14. The Morgan fingerprint density at radius 2 is 1.79 bits per heavy atom. The van der Waals surface area contributed by atoms with Gasteiger partial charge in [-0.25, -0.2) is 13.2 Å². The molecule has 48 heavy (non-hydrogen) atoms. The maximum absolute atomic E-state index is 17.3. The Kier molecular flexibility index (Phi) is 8.18. The Hall–Kier alpha value is -5.33. The fourth-order valence-electron chi connectivity index (χ4n) is 7.05. The number of phenolic OH excluding ortho intramolecular Hbond substituents is 1. The number of nitrogens with zero attached hydrogens (tertiary/aromatic N) is 5. The van der Waals surface area contributed by atoms with E-state index in [2.05, 4.69) is 11.6 Å². The Morgan fingerprint density at radius 3 is 2.44 bits per heavy atom. The number of amides is 1. The van der Waals surface area contributed by atoms with Crippen molar-refractivity contribution in [3.05, 3.63) is 88.2 Å². The number of rotatable bonds is 6. The Balaban J connectivity index is 1.80. The summed E-state index contributed by atoms with van der Waals surface area (Å²) in [4.78, 5) is 49.1. The van der Waals surface area contributed by atoms with E-state index < -0.39 is 70.0 Å².